The lowest BCUT2D eigenvalue weighted by molar-refractivity contribution is -0.305. The smallest absolute Gasteiger partial charge is 0.223 e. The van der Waals surface area contributed by atoms with Gasteiger partial charge in [0, 0.05) is 43.3 Å². The van der Waals surface area contributed by atoms with Gasteiger partial charge in [0.05, 0.1) is 0 Å². The van der Waals surface area contributed by atoms with Crippen molar-refractivity contribution in [1.82, 2.24) is 4.90 Å². The van der Waals surface area contributed by atoms with E-state index in [0.717, 1.165) is 5.69 Å². The van der Waals surface area contributed by atoms with Gasteiger partial charge in [0.25, 0.3) is 0 Å². The van der Waals surface area contributed by atoms with Gasteiger partial charge in [-0.15, -0.1) is 0 Å². The lowest BCUT2D eigenvalue weighted by Crippen LogP contribution is -2.58. The third-order valence-electron chi connectivity index (χ3n) is 4.15. The minimum atomic E-state index is -1.17. The zero-order chi connectivity index (χ0) is 16.3. The fraction of sp³-hybridized carbons (Fsp3) is 0.529. The molecule has 1 fully saturated rings. The Hall–Kier alpha value is -2.04. The van der Waals surface area contributed by atoms with E-state index in [-0.39, 0.29) is 30.8 Å². The highest BCUT2D eigenvalue weighted by molar-refractivity contribution is 5.80. The number of piperazine rings is 1. The van der Waals surface area contributed by atoms with Gasteiger partial charge in [0.15, 0.2) is 0 Å². The molecule has 0 radical (unpaired) electrons. The van der Waals surface area contributed by atoms with Crippen molar-refractivity contribution in [3.05, 3.63) is 29.8 Å². The molecular formula is C17H23N2O3-. The Morgan fingerprint density at radius 1 is 1.09 bits per heavy atom. The number of nitrogens with zero attached hydrogens (tertiary/aromatic N) is 2. The molecule has 1 amide bonds. The van der Waals surface area contributed by atoms with Crippen LogP contribution in [0.2, 0.25) is 0 Å². The molecule has 5 nitrogen and oxygen atoms in total. The van der Waals surface area contributed by atoms with Gasteiger partial charge in [-0.25, -0.2) is 0 Å². The van der Waals surface area contributed by atoms with Crippen molar-refractivity contribution in [2.45, 2.75) is 45.7 Å². The molecule has 1 aromatic carbocycles. The number of aliphatic carboxylic acids is 1. The lowest BCUT2D eigenvalue weighted by atomic mass is 10.0. The van der Waals surface area contributed by atoms with Crippen LogP contribution in [0.1, 0.15) is 32.3 Å². The summed E-state index contributed by atoms with van der Waals surface area (Å²) in [7, 11) is 0. The van der Waals surface area contributed by atoms with Gasteiger partial charge in [-0.1, -0.05) is 17.7 Å². The summed E-state index contributed by atoms with van der Waals surface area (Å²) in [6.45, 7) is 7.47. The molecule has 0 bridgehead atoms. The summed E-state index contributed by atoms with van der Waals surface area (Å²) in [6.07, 6.45) is -0.188. The van der Waals surface area contributed by atoms with Crippen molar-refractivity contribution < 1.29 is 14.7 Å². The van der Waals surface area contributed by atoms with Crippen molar-refractivity contribution >= 4 is 17.6 Å². The number of benzene rings is 1. The Labute approximate surface area is 131 Å². The maximum atomic E-state index is 12.1. The second kappa shape index (κ2) is 6.81. The van der Waals surface area contributed by atoms with E-state index < -0.39 is 5.97 Å². The Morgan fingerprint density at radius 2 is 1.64 bits per heavy atom. The van der Waals surface area contributed by atoms with Crippen molar-refractivity contribution in [2.24, 2.45) is 0 Å². The predicted molar refractivity (Wildman–Crippen MR) is 83.4 cm³/mol. The SMILES string of the molecule is Cc1ccc(N2C(C)CN(C(=O)CCC(=O)[O-])CC2C)cc1. The molecule has 120 valence electrons. The number of hydrogen-bond donors (Lipinski definition) is 0. The van der Waals surface area contributed by atoms with E-state index in [2.05, 4.69) is 49.9 Å². The quantitative estimate of drug-likeness (QED) is 0.831. The summed E-state index contributed by atoms with van der Waals surface area (Å²) in [4.78, 5) is 26.7. The average Bonchev–Trinajstić information content (AvgIpc) is 2.45. The first-order chi connectivity index (χ1) is 10.4. The summed E-state index contributed by atoms with van der Waals surface area (Å²) in [5, 5.41) is 10.5. The van der Waals surface area contributed by atoms with E-state index >= 15 is 0 Å². The van der Waals surface area contributed by atoms with Crippen LogP contribution in [0, 0.1) is 6.92 Å². The minimum absolute atomic E-state index is 0.0201. The van der Waals surface area contributed by atoms with Gasteiger partial charge in [0.1, 0.15) is 0 Å². The van der Waals surface area contributed by atoms with Crippen molar-refractivity contribution in [1.29, 1.82) is 0 Å². The Morgan fingerprint density at radius 3 is 2.14 bits per heavy atom. The van der Waals surface area contributed by atoms with E-state index in [1.54, 1.807) is 4.90 Å². The summed E-state index contributed by atoms with van der Waals surface area (Å²) in [5.74, 6) is -1.28. The first-order valence-electron chi connectivity index (χ1n) is 7.71. The molecule has 1 aromatic rings. The number of carboxylic acid groups (broad SMARTS) is 1. The zero-order valence-electron chi connectivity index (χ0n) is 13.4. The average molecular weight is 303 g/mol. The molecule has 1 aliphatic rings. The predicted octanol–water partition coefficient (Wildman–Crippen LogP) is 0.951. The number of hydrogen-bond acceptors (Lipinski definition) is 4. The minimum Gasteiger partial charge on any atom is -0.550 e. The first kappa shape index (κ1) is 16.3. The maximum absolute atomic E-state index is 12.1. The third-order valence-corrected chi connectivity index (χ3v) is 4.15. The van der Waals surface area contributed by atoms with Crippen LogP contribution in [0.5, 0.6) is 0 Å². The van der Waals surface area contributed by atoms with Gasteiger partial charge in [-0.3, -0.25) is 4.79 Å². The number of carbonyl (C=O) groups is 2. The van der Waals surface area contributed by atoms with Crippen molar-refractivity contribution in [3.8, 4) is 0 Å². The highest BCUT2D eigenvalue weighted by atomic mass is 16.4. The number of amides is 1. The number of anilines is 1. The molecule has 2 unspecified atom stereocenters. The van der Waals surface area contributed by atoms with Crippen LogP contribution in [0.3, 0.4) is 0 Å². The highest BCUT2D eigenvalue weighted by Gasteiger charge is 2.31. The van der Waals surface area contributed by atoms with Crippen LogP contribution in [-0.4, -0.2) is 41.9 Å². The molecule has 2 rings (SSSR count). The molecule has 22 heavy (non-hydrogen) atoms. The highest BCUT2D eigenvalue weighted by Crippen LogP contribution is 2.25. The van der Waals surface area contributed by atoms with E-state index in [4.69, 9.17) is 0 Å². The molecule has 1 heterocycles. The molecule has 0 saturated carbocycles. The summed E-state index contributed by atoms with van der Waals surface area (Å²) < 4.78 is 0. The van der Waals surface area contributed by atoms with Gasteiger partial charge < -0.3 is 19.7 Å². The molecule has 5 heteroatoms. The zero-order valence-corrected chi connectivity index (χ0v) is 13.4. The van der Waals surface area contributed by atoms with E-state index in [0.29, 0.717) is 13.1 Å². The second-order valence-corrected chi connectivity index (χ2v) is 6.11. The van der Waals surface area contributed by atoms with Crippen LogP contribution in [-0.2, 0) is 9.59 Å². The molecule has 1 aliphatic heterocycles. The van der Waals surface area contributed by atoms with Gasteiger partial charge in [0.2, 0.25) is 5.91 Å². The van der Waals surface area contributed by atoms with Crippen molar-refractivity contribution in [3.63, 3.8) is 0 Å². The van der Waals surface area contributed by atoms with Gasteiger partial charge in [-0.2, -0.15) is 0 Å². The molecule has 1 saturated heterocycles. The topological polar surface area (TPSA) is 63.7 Å². The van der Waals surface area contributed by atoms with E-state index in [1.807, 2.05) is 0 Å². The number of aryl methyl sites for hydroxylation is 1. The Balaban J connectivity index is 2.04. The maximum Gasteiger partial charge on any atom is 0.223 e. The van der Waals surface area contributed by atoms with Crippen LogP contribution < -0.4 is 10.0 Å². The second-order valence-electron chi connectivity index (χ2n) is 6.11. The van der Waals surface area contributed by atoms with Crippen molar-refractivity contribution in [2.75, 3.05) is 18.0 Å². The van der Waals surface area contributed by atoms with Crippen LogP contribution in [0.4, 0.5) is 5.69 Å². The van der Waals surface area contributed by atoms with Gasteiger partial charge >= 0.3 is 0 Å². The molecule has 0 N–H and O–H groups in total. The number of carbonyl (C=O) groups excluding carboxylic acids is 2. The Bertz CT molecular complexity index is 529. The summed E-state index contributed by atoms with van der Waals surface area (Å²) >= 11 is 0. The third kappa shape index (κ3) is 3.78. The normalized spacial score (nSPS) is 21.8. The lowest BCUT2D eigenvalue weighted by Gasteiger charge is -2.46. The largest absolute Gasteiger partial charge is 0.550 e. The summed E-state index contributed by atoms with van der Waals surface area (Å²) in [5.41, 5.74) is 2.38. The summed E-state index contributed by atoms with van der Waals surface area (Å²) in [6, 6.07) is 8.78. The standard InChI is InChI=1S/C17H24N2O3/c1-12-4-6-15(7-5-12)19-13(2)10-18(11-14(19)3)16(20)8-9-17(21)22/h4-7,13-14H,8-11H2,1-3H3,(H,21,22)/p-1. The van der Waals surface area contributed by atoms with E-state index in [1.165, 1.54) is 5.56 Å². The Kier molecular flexibility index (Phi) is 5.06. The van der Waals surface area contributed by atoms with Crippen LogP contribution >= 0.6 is 0 Å². The monoisotopic (exact) mass is 303 g/mol. The molecule has 0 spiro atoms. The van der Waals surface area contributed by atoms with Gasteiger partial charge in [-0.05, 0) is 39.3 Å². The fourth-order valence-corrected chi connectivity index (χ4v) is 3.12. The molecule has 0 aromatic heterocycles. The van der Waals surface area contributed by atoms with Crippen LogP contribution in [0.15, 0.2) is 24.3 Å². The number of carboxylic acids is 1. The first-order valence-corrected chi connectivity index (χ1v) is 7.71. The van der Waals surface area contributed by atoms with Crippen LogP contribution in [0.25, 0.3) is 0 Å². The molecule has 0 aliphatic carbocycles. The molecular weight excluding hydrogens is 280 g/mol. The number of rotatable bonds is 4. The fourth-order valence-electron chi connectivity index (χ4n) is 3.12. The molecule has 2 atom stereocenters. The van der Waals surface area contributed by atoms with E-state index in [9.17, 15) is 14.7 Å².